The number of amides is 1. The molecule has 2 aliphatic heterocycles. The second kappa shape index (κ2) is 4.90. The van der Waals surface area contributed by atoms with Gasteiger partial charge in [0.1, 0.15) is 6.10 Å². The zero-order valence-electron chi connectivity index (χ0n) is 10.2. The summed E-state index contributed by atoms with van der Waals surface area (Å²) in [4.78, 5) is 14.3. The lowest BCUT2D eigenvalue weighted by Gasteiger charge is -2.31. The van der Waals surface area contributed by atoms with Crippen molar-refractivity contribution in [3.63, 3.8) is 0 Å². The normalized spacial score (nSPS) is 22.9. The summed E-state index contributed by atoms with van der Waals surface area (Å²) in [5.41, 5.74) is 2.06. The summed E-state index contributed by atoms with van der Waals surface area (Å²) in [6, 6.07) is 5.85. The molecule has 2 heterocycles. The molecule has 4 heteroatoms. The van der Waals surface area contributed by atoms with E-state index in [1.807, 2.05) is 17.0 Å². The van der Waals surface area contributed by atoms with Crippen molar-refractivity contribution in [2.24, 2.45) is 0 Å². The van der Waals surface area contributed by atoms with Crippen molar-refractivity contribution in [1.82, 2.24) is 0 Å². The highest BCUT2D eigenvalue weighted by Crippen LogP contribution is 2.35. The van der Waals surface area contributed by atoms with E-state index in [2.05, 4.69) is 6.07 Å². The molecule has 1 aromatic rings. The van der Waals surface area contributed by atoms with Crippen molar-refractivity contribution in [3.05, 3.63) is 28.8 Å². The van der Waals surface area contributed by atoms with Gasteiger partial charge in [0.2, 0.25) is 0 Å². The monoisotopic (exact) mass is 265 g/mol. The highest BCUT2D eigenvalue weighted by molar-refractivity contribution is 6.34. The first-order chi connectivity index (χ1) is 8.77. The van der Waals surface area contributed by atoms with Crippen LogP contribution in [0.1, 0.15) is 24.8 Å². The maximum atomic E-state index is 12.5. The Labute approximate surface area is 112 Å². The lowest BCUT2D eigenvalue weighted by Crippen LogP contribution is -2.42. The number of fused-ring (bicyclic) bond motifs is 1. The summed E-state index contributed by atoms with van der Waals surface area (Å²) < 4.78 is 5.49. The molecule has 3 rings (SSSR count). The molecule has 0 N–H and O–H groups in total. The fraction of sp³-hybridized carbons (Fsp3) is 0.500. The van der Waals surface area contributed by atoms with E-state index in [4.69, 9.17) is 16.3 Å². The molecule has 0 radical (unpaired) electrons. The number of carbonyl (C=O) groups excluding carboxylic acids is 1. The van der Waals surface area contributed by atoms with Crippen LogP contribution in [-0.2, 0) is 16.0 Å². The first-order valence-electron chi connectivity index (χ1n) is 6.48. The highest BCUT2D eigenvalue weighted by Gasteiger charge is 2.32. The number of benzene rings is 1. The number of anilines is 1. The number of hydrogen-bond acceptors (Lipinski definition) is 2. The van der Waals surface area contributed by atoms with E-state index in [0.717, 1.165) is 37.9 Å². The molecule has 0 unspecified atom stereocenters. The van der Waals surface area contributed by atoms with Crippen LogP contribution in [-0.4, -0.2) is 25.2 Å². The van der Waals surface area contributed by atoms with Crippen LogP contribution >= 0.6 is 11.6 Å². The Hall–Kier alpha value is -1.06. The molecule has 0 bridgehead atoms. The van der Waals surface area contributed by atoms with Gasteiger partial charge in [-0.25, -0.2) is 0 Å². The number of aryl methyl sites for hydroxylation is 1. The molecule has 18 heavy (non-hydrogen) atoms. The average molecular weight is 266 g/mol. The smallest absolute Gasteiger partial charge is 0.256 e. The van der Waals surface area contributed by atoms with E-state index in [1.54, 1.807) is 0 Å². The quantitative estimate of drug-likeness (QED) is 0.781. The summed E-state index contributed by atoms with van der Waals surface area (Å²) in [7, 11) is 0. The van der Waals surface area contributed by atoms with Crippen LogP contribution in [0.15, 0.2) is 18.2 Å². The van der Waals surface area contributed by atoms with Crippen molar-refractivity contribution >= 4 is 23.2 Å². The van der Waals surface area contributed by atoms with Crippen LogP contribution < -0.4 is 4.90 Å². The van der Waals surface area contributed by atoms with Crippen molar-refractivity contribution < 1.29 is 9.53 Å². The van der Waals surface area contributed by atoms with Crippen molar-refractivity contribution in [2.45, 2.75) is 31.8 Å². The average Bonchev–Trinajstić information content (AvgIpc) is 2.91. The summed E-state index contributed by atoms with van der Waals surface area (Å²) in [6.07, 6.45) is 3.51. The van der Waals surface area contributed by atoms with Crippen molar-refractivity contribution in [1.29, 1.82) is 0 Å². The fourth-order valence-electron chi connectivity index (χ4n) is 2.77. The molecule has 1 aromatic carbocycles. The van der Waals surface area contributed by atoms with Gasteiger partial charge in [0.25, 0.3) is 5.91 Å². The summed E-state index contributed by atoms with van der Waals surface area (Å²) in [5.74, 6) is 0.0709. The molecule has 96 valence electrons. The molecular weight excluding hydrogens is 250 g/mol. The first-order valence-corrected chi connectivity index (χ1v) is 6.85. The minimum atomic E-state index is -0.271. The summed E-state index contributed by atoms with van der Waals surface area (Å²) in [5, 5.41) is 0.665. The Bertz CT molecular complexity index is 469. The van der Waals surface area contributed by atoms with E-state index < -0.39 is 0 Å². The van der Waals surface area contributed by atoms with Crippen molar-refractivity contribution in [3.8, 4) is 0 Å². The van der Waals surface area contributed by atoms with Gasteiger partial charge in [-0.05, 0) is 37.3 Å². The van der Waals surface area contributed by atoms with Gasteiger partial charge in [0, 0.05) is 13.2 Å². The maximum absolute atomic E-state index is 12.5. The predicted octanol–water partition coefficient (Wildman–Crippen LogP) is 2.80. The van der Waals surface area contributed by atoms with Gasteiger partial charge < -0.3 is 9.64 Å². The molecule has 0 aliphatic carbocycles. The summed E-state index contributed by atoms with van der Waals surface area (Å²) >= 11 is 6.25. The number of carbonyl (C=O) groups is 1. The number of para-hydroxylation sites is 1. The van der Waals surface area contributed by atoms with Crippen LogP contribution in [0.25, 0.3) is 0 Å². The third-order valence-corrected chi connectivity index (χ3v) is 3.94. The van der Waals surface area contributed by atoms with E-state index in [1.165, 1.54) is 5.56 Å². The van der Waals surface area contributed by atoms with Gasteiger partial charge in [0.05, 0.1) is 10.7 Å². The fourth-order valence-corrected chi connectivity index (χ4v) is 3.07. The molecule has 1 fully saturated rings. The second-order valence-corrected chi connectivity index (χ2v) is 5.25. The standard InChI is InChI=1S/C14H16ClNO2/c15-11-6-1-4-10-5-2-8-16(13(10)11)14(17)12-7-3-9-18-12/h1,4,6,12H,2-3,5,7-9H2/t12-/m0/s1. The van der Waals surface area contributed by atoms with Gasteiger partial charge >= 0.3 is 0 Å². The lowest BCUT2D eigenvalue weighted by molar-refractivity contribution is -0.127. The SMILES string of the molecule is O=C([C@@H]1CCCO1)N1CCCc2cccc(Cl)c21. The van der Waals surface area contributed by atoms with E-state index in [9.17, 15) is 4.79 Å². The van der Waals surface area contributed by atoms with Gasteiger partial charge in [-0.2, -0.15) is 0 Å². The van der Waals surface area contributed by atoms with Crippen LogP contribution in [0.3, 0.4) is 0 Å². The third-order valence-electron chi connectivity index (χ3n) is 3.64. The molecule has 0 aromatic heterocycles. The Morgan fingerprint density at radius 3 is 3.06 bits per heavy atom. The minimum absolute atomic E-state index is 0.0709. The second-order valence-electron chi connectivity index (χ2n) is 4.84. The van der Waals surface area contributed by atoms with Crippen LogP contribution in [0.5, 0.6) is 0 Å². The molecule has 0 saturated carbocycles. The van der Waals surface area contributed by atoms with Crippen LogP contribution in [0.2, 0.25) is 5.02 Å². The molecular formula is C14H16ClNO2. The summed E-state index contributed by atoms with van der Waals surface area (Å²) in [6.45, 7) is 1.44. The predicted molar refractivity (Wildman–Crippen MR) is 71.1 cm³/mol. The zero-order chi connectivity index (χ0) is 12.5. The van der Waals surface area contributed by atoms with Gasteiger partial charge in [-0.15, -0.1) is 0 Å². The topological polar surface area (TPSA) is 29.5 Å². The van der Waals surface area contributed by atoms with E-state index in [0.29, 0.717) is 11.6 Å². The molecule has 1 amide bonds. The zero-order valence-corrected chi connectivity index (χ0v) is 10.9. The van der Waals surface area contributed by atoms with Gasteiger partial charge in [0.15, 0.2) is 0 Å². The maximum Gasteiger partial charge on any atom is 0.256 e. The molecule has 3 nitrogen and oxygen atoms in total. The van der Waals surface area contributed by atoms with Crippen LogP contribution in [0, 0.1) is 0 Å². The lowest BCUT2D eigenvalue weighted by atomic mass is 10.0. The molecule has 1 saturated heterocycles. The number of nitrogens with zero attached hydrogens (tertiary/aromatic N) is 1. The third kappa shape index (κ3) is 2.02. The van der Waals surface area contributed by atoms with Crippen LogP contribution in [0.4, 0.5) is 5.69 Å². The highest BCUT2D eigenvalue weighted by atomic mass is 35.5. The first kappa shape index (κ1) is 12.0. The Balaban J connectivity index is 1.93. The number of halogens is 1. The Morgan fingerprint density at radius 1 is 1.39 bits per heavy atom. The Kier molecular flexibility index (Phi) is 3.27. The number of rotatable bonds is 1. The molecule has 0 spiro atoms. The molecule has 1 atom stereocenters. The molecule has 2 aliphatic rings. The van der Waals surface area contributed by atoms with Gasteiger partial charge in [-0.1, -0.05) is 23.7 Å². The largest absolute Gasteiger partial charge is 0.368 e. The van der Waals surface area contributed by atoms with Crippen molar-refractivity contribution in [2.75, 3.05) is 18.1 Å². The number of ether oxygens (including phenoxy) is 1. The minimum Gasteiger partial charge on any atom is -0.368 e. The van der Waals surface area contributed by atoms with E-state index >= 15 is 0 Å². The van der Waals surface area contributed by atoms with E-state index in [-0.39, 0.29) is 12.0 Å². The Morgan fingerprint density at radius 2 is 2.28 bits per heavy atom. The number of hydrogen-bond donors (Lipinski definition) is 0. The van der Waals surface area contributed by atoms with Gasteiger partial charge in [-0.3, -0.25) is 4.79 Å².